The lowest BCUT2D eigenvalue weighted by Crippen LogP contribution is -2.38. The number of rotatable bonds is 7. The Morgan fingerprint density at radius 1 is 1.31 bits per heavy atom. The summed E-state index contributed by atoms with van der Waals surface area (Å²) in [6.45, 7) is 0.895. The molecule has 1 aromatic rings. The Morgan fingerprint density at radius 3 is 2.54 bits per heavy atom. The molecule has 0 aliphatic heterocycles. The van der Waals surface area contributed by atoms with Crippen LogP contribution in [0, 0.1) is 5.41 Å². The lowest BCUT2D eigenvalue weighted by Gasteiger charge is -2.18. The van der Waals surface area contributed by atoms with E-state index in [1.165, 1.54) is 14.2 Å². The van der Waals surface area contributed by atoms with Crippen molar-refractivity contribution >= 4 is 46.7 Å². The van der Waals surface area contributed by atoms with E-state index >= 15 is 0 Å². The lowest BCUT2D eigenvalue weighted by atomic mass is 10.1. The Balaban J connectivity index is 1.79. The number of hydrogen-bond donors (Lipinski definition) is 1. The Labute approximate surface area is 161 Å². The van der Waals surface area contributed by atoms with Crippen LogP contribution in [-0.2, 0) is 19.1 Å². The zero-order valence-electron chi connectivity index (χ0n) is 14.7. The van der Waals surface area contributed by atoms with Crippen LogP contribution in [-0.4, -0.2) is 54.3 Å². The van der Waals surface area contributed by atoms with E-state index in [1.54, 1.807) is 31.2 Å². The van der Waals surface area contributed by atoms with Crippen LogP contribution in [0.3, 0.4) is 0 Å². The van der Waals surface area contributed by atoms with E-state index in [1.807, 2.05) is 0 Å². The number of benzene rings is 1. The minimum atomic E-state index is -1.16. The van der Waals surface area contributed by atoms with Gasteiger partial charge >= 0.3 is 5.97 Å². The summed E-state index contributed by atoms with van der Waals surface area (Å²) in [5.41, 5.74) is -0.456. The monoisotopic (exact) mass is 402 g/mol. The number of nitrogens with one attached hydrogen (secondary N) is 1. The van der Waals surface area contributed by atoms with Crippen LogP contribution in [0.1, 0.15) is 13.3 Å². The molecule has 0 spiro atoms. The van der Waals surface area contributed by atoms with Gasteiger partial charge in [0.1, 0.15) is 15.5 Å². The summed E-state index contributed by atoms with van der Waals surface area (Å²) in [4.78, 5) is 37.2. The number of carbonyl (C=O) groups is 3. The smallest absolute Gasteiger partial charge is 0.315 e. The van der Waals surface area contributed by atoms with Gasteiger partial charge in [0.15, 0.2) is 6.61 Å². The first-order valence-electron chi connectivity index (χ1n) is 7.82. The minimum Gasteiger partial charge on any atom is -0.497 e. The van der Waals surface area contributed by atoms with Crippen molar-refractivity contribution in [2.24, 2.45) is 5.41 Å². The highest BCUT2D eigenvalue weighted by Gasteiger charge is 2.69. The molecule has 0 saturated heterocycles. The maximum Gasteiger partial charge on any atom is 0.315 e. The Kier molecular flexibility index (Phi) is 6.03. The van der Waals surface area contributed by atoms with Crippen molar-refractivity contribution in [3.8, 4) is 5.75 Å². The Bertz CT molecular complexity index is 725. The molecule has 2 rings (SSSR count). The number of alkyl halides is 2. The van der Waals surface area contributed by atoms with E-state index in [2.05, 4.69) is 5.32 Å². The number of methoxy groups -OCH3 is 1. The van der Waals surface area contributed by atoms with Gasteiger partial charge in [0.25, 0.3) is 5.91 Å². The predicted octanol–water partition coefficient (Wildman–Crippen LogP) is 2.22. The molecule has 0 bridgehead atoms. The first kappa shape index (κ1) is 20.3. The van der Waals surface area contributed by atoms with E-state index in [0.717, 1.165) is 4.90 Å². The molecule has 1 aromatic carbocycles. The van der Waals surface area contributed by atoms with Gasteiger partial charge in [-0.15, -0.1) is 23.2 Å². The molecule has 9 heteroatoms. The van der Waals surface area contributed by atoms with Crippen LogP contribution >= 0.6 is 23.2 Å². The summed E-state index contributed by atoms with van der Waals surface area (Å²) < 4.78 is 8.89. The van der Waals surface area contributed by atoms with Crippen LogP contribution in [0.15, 0.2) is 24.3 Å². The van der Waals surface area contributed by atoms with Crippen LogP contribution in [0.25, 0.3) is 0 Å². The average molecular weight is 403 g/mol. The summed E-state index contributed by atoms with van der Waals surface area (Å²) in [5.74, 6) is -0.944. The molecule has 0 aromatic heterocycles. The first-order valence-corrected chi connectivity index (χ1v) is 8.57. The molecule has 1 atom stereocenters. The Morgan fingerprint density at radius 2 is 1.96 bits per heavy atom. The van der Waals surface area contributed by atoms with Gasteiger partial charge in [-0.05, 0) is 19.1 Å². The van der Waals surface area contributed by atoms with Gasteiger partial charge in [0, 0.05) is 25.2 Å². The molecule has 0 unspecified atom stereocenters. The standard InChI is InChI=1S/C17H20Cl2N2O5/c1-16(10-17(16,18)19)15(24)26-9-14(23)21(2)8-13(22)20-11-5-4-6-12(7-11)25-3/h4-7H,8-10H2,1-3H3,(H,20,22)/t16-/m0/s1. The molecule has 1 fully saturated rings. The van der Waals surface area contributed by atoms with Crippen molar-refractivity contribution in [1.82, 2.24) is 4.90 Å². The molecule has 1 aliphatic rings. The van der Waals surface area contributed by atoms with Gasteiger partial charge in [-0.2, -0.15) is 0 Å². The molecule has 1 N–H and O–H groups in total. The number of hydrogen-bond acceptors (Lipinski definition) is 5. The third kappa shape index (κ3) is 4.59. The van der Waals surface area contributed by atoms with Gasteiger partial charge in [-0.1, -0.05) is 6.07 Å². The maximum absolute atomic E-state index is 12.0. The van der Waals surface area contributed by atoms with Gasteiger partial charge in [0.05, 0.1) is 13.7 Å². The molecular weight excluding hydrogens is 383 g/mol. The molecule has 1 aliphatic carbocycles. The topological polar surface area (TPSA) is 84.9 Å². The summed E-state index contributed by atoms with van der Waals surface area (Å²) in [6.07, 6.45) is 0.273. The van der Waals surface area contributed by atoms with Crippen molar-refractivity contribution in [2.75, 3.05) is 32.6 Å². The normalized spacial score (nSPS) is 20.0. The summed E-state index contributed by atoms with van der Waals surface area (Å²) in [5, 5.41) is 2.66. The number of nitrogens with zero attached hydrogens (tertiary/aromatic N) is 1. The number of halogens is 2. The van der Waals surface area contributed by atoms with E-state index in [-0.39, 0.29) is 13.0 Å². The van der Waals surface area contributed by atoms with Crippen LogP contribution in [0.2, 0.25) is 0 Å². The summed E-state index contributed by atoms with van der Waals surface area (Å²) >= 11 is 11.8. The molecule has 142 valence electrons. The summed E-state index contributed by atoms with van der Waals surface area (Å²) in [7, 11) is 2.96. The predicted molar refractivity (Wildman–Crippen MR) is 97.4 cm³/mol. The van der Waals surface area contributed by atoms with Gasteiger partial charge in [0.2, 0.25) is 5.91 Å². The van der Waals surface area contributed by atoms with E-state index in [4.69, 9.17) is 32.7 Å². The number of amides is 2. The number of anilines is 1. The number of esters is 1. The fourth-order valence-corrected chi connectivity index (χ4v) is 2.91. The molecule has 0 heterocycles. The number of ether oxygens (including phenoxy) is 2. The average Bonchev–Trinajstić information content (AvgIpc) is 3.11. The highest BCUT2D eigenvalue weighted by molar-refractivity contribution is 6.53. The van der Waals surface area contributed by atoms with E-state index in [9.17, 15) is 14.4 Å². The molecule has 0 radical (unpaired) electrons. The second-order valence-electron chi connectivity index (χ2n) is 6.32. The minimum absolute atomic E-state index is 0.195. The second kappa shape index (κ2) is 7.72. The van der Waals surface area contributed by atoms with Gasteiger partial charge in [-0.3, -0.25) is 14.4 Å². The largest absolute Gasteiger partial charge is 0.497 e. The lowest BCUT2D eigenvalue weighted by molar-refractivity contribution is -0.156. The highest BCUT2D eigenvalue weighted by atomic mass is 35.5. The van der Waals surface area contributed by atoms with Crippen molar-refractivity contribution in [3.05, 3.63) is 24.3 Å². The van der Waals surface area contributed by atoms with Crippen LogP contribution in [0.4, 0.5) is 5.69 Å². The van der Waals surface area contributed by atoms with Crippen molar-refractivity contribution < 1.29 is 23.9 Å². The van der Waals surface area contributed by atoms with Crippen LogP contribution < -0.4 is 10.1 Å². The van der Waals surface area contributed by atoms with Gasteiger partial charge < -0.3 is 19.7 Å². The molecule has 1 saturated carbocycles. The third-order valence-electron chi connectivity index (χ3n) is 4.20. The van der Waals surface area contributed by atoms with Crippen molar-refractivity contribution in [1.29, 1.82) is 0 Å². The number of carbonyl (C=O) groups excluding carboxylic acids is 3. The zero-order valence-corrected chi connectivity index (χ0v) is 16.2. The first-order chi connectivity index (χ1) is 12.1. The SMILES string of the molecule is COc1cccc(NC(=O)CN(C)C(=O)COC(=O)[C@]2(C)CC2(Cl)Cl)c1. The van der Waals surface area contributed by atoms with Crippen LogP contribution in [0.5, 0.6) is 5.75 Å². The fourth-order valence-electron chi connectivity index (χ4n) is 2.22. The third-order valence-corrected chi connectivity index (χ3v) is 5.30. The molecule has 26 heavy (non-hydrogen) atoms. The summed E-state index contributed by atoms with van der Waals surface area (Å²) in [6, 6.07) is 6.83. The van der Waals surface area contributed by atoms with Crippen molar-refractivity contribution in [3.63, 3.8) is 0 Å². The molecule has 2 amide bonds. The van der Waals surface area contributed by atoms with Crippen molar-refractivity contribution in [2.45, 2.75) is 17.7 Å². The maximum atomic E-state index is 12.0. The zero-order chi connectivity index (χ0) is 19.5. The number of likely N-dealkylation sites (N-methyl/N-ethyl adjacent to an activating group) is 1. The highest BCUT2D eigenvalue weighted by Crippen LogP contribution is 2.64. The Hall–Kier alpha value is -1.99. The second-order valence-corrected chi connectivity index (χ2v) is 7.80. The van der Waals surface area contributed by atoms with E-state index < -0.39 is 34.1 Å². The van der Waals surface area contributed by atoms with Gasteiger partial charge in [-0.25, -0.2) is 0 Å². The van der Waals surface area contributed by atoms with E-state index in [0.29, 0.717) is 11.4 Å². The molecular formula is C17H20Cl2N2O5. The fraction of sp³-hybridized carbons (Fsp3) is 0.471. The quantitative estimate of drug-likeness (QED) is 0.558. The molecule has 7 nitrogen and oxygen atoms in total.